The molecule has 3 rings (SSSR count). The lowest BCUT2D eigenvalue weighted by molar-refractivity contribution is -0.137. The molecule has 0 fully saturated rings. The number of carbonyl (C=O) groups is 1. The summed E-state index contributed by atoms with van der Waals surface area (Å²) in [6, 6.07) is 10.8. The Morgan fingerprint density at radius 2 is 1.83 bits per heavy atom. The summed E-state index contributed by atoms with van der Waals surface area (Å²) in [7, 11) is 1.62. The highest BCUT2D eigenvalue weighted by Gasteiger charge is 2.38. The smallest absolute Gasteiger partial charge is 0.367 e. The third kappa shape index (κ3) is 2.71. The second kappa shape index (κ2) is 5.41. The fraction of sp³-hybridized carbons (Fsp3) is 0.278. The number of Topliss-reactive ketones (excluding diaryl/α,β-unsaturated/α-hetero) is 1. The van der Waals surface area contributed by atoms with Crippen molar-refractivity contribution < 1.29 is 18.0 Å². The van der Waals surface area contributed by atoms with Crippen LogP contribution in [0.25, 0.3) is 0 Å². The molecule has 1 aliphatic carbocycles. The SMILES string of the molecule is Cc1ccc(C(F)(F)F)c(N(C)C2CC(=O)c3ccccc32)c1. The average Bonchev–Trinajstić information content (AvgIpc) is 2.83. The maximum atomic E-state index is 13.3. The fourth-order valence-electron chi connectivity index (χ4n) is 3.12. The molecule has 1 unspecified atom stereocenters. The summed E-state index contributed by atoms with van der Waals surface area (Å²) in [4.78, 5) is 13.7. The summed E-state index contributed by atoms with van der Waals surface area (Å²) in [6.07, 6.45) is -4.24. The molecule has 0 heterocycles. The number of hydrogen-bond acceptors (Lipinski definition) is 2. The van der Waals surface area contributed by atoms with Gasteiger partial charge in [-0.25, -0.2) is 0 Å². The van der Waals surface area contributed by atoms with Gasteiger partial charge in [-0.05, 0) is 30.2 Å². The summed E-state index contributed by atoms with van der Waals surface area (Å²) >= 11 is 0. The van der Waals surface area contributed by atoms with Gasteiger partial charge in [-0.3, -0.25) is 4.79 Å². The number of carbonyl (C=O) groups excluding carboxylic acids is 1. The summed E-state index contributed by atoms with van der Waals surface area (Å²) in [5, 5.41) is 0. The van der Waals surface area contributed by atoms with Crippen molar-refractivity contribution in [1.29, 1.82) is 0 Å². The van der Waals surface area contributed by atoms with E-state index in [1.165, 1.54) is 12.1 Å². The number of halogens is 3. The molecule has 1 atom stereocenters. The minimum absolute atomic E-state index is 0.0290. The highest BCUT2D eigenvalue weighted by atomic mass is 19.4. The zero-order chi connectivity index (χ0) is 16.8. The Bertz CT molecular complexity index is 767. The molecular formula is C18H16F3NO. The van der Waals surface area contributed by atoms with Gasteiger partial charge in [-0.2, -0.15) is 13.2 Å². The van der Waals surface area contributed by atoms with Gasteiger partial charge in [-0.1, -0.05) is 30.3 Å². The van der Waals surface area contributed by atoms with E-state index in [0.717, 1.165) is 17.2 Å². The predicted molar refractivity (Wildman–Crippen MR) is 82.7 cm³/mol. The van der Waals surface area contributed by atoms with Gasteiger partial charge in [0.25, 0.3) is 0 Å². The van der Waals surface area contributed by atoms with E-state index in [2.05, 4.69) is 0 Å². The predicted octanol–water partition coefficient (Wildman–Crippen LogP) is 4.78. The lowest BCUT2D eigenvalue weighted by Gasteiger charge is -2.30. The van der Waals surface area contributed by atoms with E-state index < -0.39 is 11.7 Å². The zero-order valence-electron chi connectivity index (χ0n) is 12.8. The van der Waals surface area contributed by atoms with E-state index in [1.54, 1.807) is 37.1 Å². The van der Waals surface area contributed by atoms with Crippen LogP contribution in [0.2, 0.25) is 0 Å². The Kier molecular flexibility index (Phi) is 3.66. The Hall–Kier alpha value is -2.30. The molecule has 2 aromatic rings. The molecule has 1 aliphatic rings. The highest BCUT2D eigenvalue weighted by molar-refractivity contribution is 6.01. The molecule has 0 spiro atoms. The van der Waals surface area contributed by atoms with Crippen molar-refractivity contribution in [3.8, 4) is 0 Å². The summed E-state index contributed by atoms with van der Waals surface area (Å²) in [6.45, 7) is 1.76. The third-order valence-electron chi connectivity index (χ3n) is 4.31. The first kappa shape index (κ1) is 15.6. The van der Waals surface area contributed by atoms with Crippen LogP contribution in [-0.2, 0) is 6.18 Å². The van der Waals surface area contributed by atoms with Gasteiger partial charge >= 0.3 is 6.18 Å². The number of hydrogen-bond donors (Lipinski definition) is 0. The Morgan fingerprint density at radius 1 is 1.13 bits per heavy atom. The van der Waals surface area contributed by atoms with Crippen LogP contribution in [0.1, 0.15) is 39.5 Å². The van der Waals surface area contributed by atoms with E-state index in [1.807, 2.05) is 6.07 Å². The number of benzene rings is 2. The lowest BCUT2D eigenvalue weighted by Crippen LogP contribution is -2.25. The molecule has 120 valence electrons. The number of anilines is 1. The number of ketones is 1. The molecule has 5 heteroatoms. The van der Waals surface area contributed by atoms with E-state index in [-0.39, 0.29) is 23.9 Å². The molecule has 23 heavy (non-hydrogen) atoms. The van der Waals surface area contributed by atoms with Crippen LogP contribution < -0.4 is 4.90 Å². The van der Waals surface area contributed by atoms with E-state index >= 15 is 0 Å². The van der Waals surface area contributed by atoms with Gasteiger partial charge in [0.15, 0.2) is 5.78 Å². The molecule has 2 nitrogen and oxygen atoms in total. The summed E-state index contributed by atoms with van der Waals surface area (Å²) in [5.41, 5.74) is 1.56. The highest BCUT2D eigenvalue weighted by Crippen LogP contribution is 2.42. The number of alkyl halides is 3. The van der Waals surface area contributed by atoms with Gasteiger partial charge in [0.1, 0.15) is 0 Å². The van der Waals surface area contributed by atoms with E-state index in [9.17, 15) is 18.0 Å². The number of rotatable bonds is 2. The van der Waals surface area contributed by atoms with E-state index in [0.29, 0.717) is 5.56 Å². The van der Waals surface area contributed by atoms with Crippen molar-refractivity contribution in [3.05, 3.63) is 64.7 Å². The molecule has 0 saturated heterocycles. The molecule has 0 aliphatic heterocycles. The second-order valence-corrected chi connectivity index (χ2v) is 5.86. The van der Waals surface area contributed by atoms with Crippen LogP contribution in [0.5, 0.6) is 0 Å². The largest absolute Gasteiger partial charge is 0.418 e. The van der Waals surface area contributed by atoms with Crippen LogP contribution in [0.3, 0.4) is 0 Å². The molecular weight excluding hydrogens is 303 g/mol. The fourth-order valence-corrected chi connectivity index (χ4v) is 3.12. The van der Waals surface area contributed by atoms with Gasteiger partial charge in [0.05, 0.1) is 11.6 Å². The molecule has 0 radical (unpaired) electrons. The van der Waals surface area contributed by atoms with Gasteiger partial charge < -0.3 is 4.90 Å². The number of nitrogens with zero attached hydrogens (tertiary/aromatic N) is 1. The van der Waals surface area contributed by atoms with Gasteiger partial charge in [0, 0.05) is 24.7 Å². The Balaban J connectivity index is 2.07. The first-order valence-electron chi connectivity index (χ1n) is 7.32. The normalized spacial score (nSPS) is 17.3. The number of fused-ring (bicyclic) bond motifs is 1. The van der Waals surface area contributed by atoms with Crippen molar-refractivity contribution in [2.24, 2.45) is 0 Å². The quantitative estimate of drug-likeness (QED) is 0.794. The first-order valence-corrected chi connectivity index (χ1v) is 7.32. The van der Waals surface area contributed by atoms with Crippen molar-refractivity contribution in [2.45, 2.75) is 25.6 Å². The molecule has 0 saturated carbocycles. The monoisotopic (exact) mass is 319 g/mol. The van der Waals surface area contributed by atoms with Crippen LogP contribution in [-0.4, -0.2) is 12.8 Å². The standard InChI is InChI=1S/C18H16F3NO/c1-11-7-8-14(18(19,20)21)16(9-11)22(2)15-10-17(23)13-6-4-3-5-12(13)15/h3-9,15H,10H2,1-2H3. The molecule has 0 amide bonds. The van der Waals surface area contributed by atoms with Crippen molar-refractivity contribution >= 4 is 11.5 Å². The Labute approximate surface area is 132 Å². The minimum atomic E-state index is -4.43. The van der Waals surface area contributed by atoms with Gasteiger partial charge in [-0.15, -0.1) is 0 Å². The minimum Gasteiger partial charge on any atom is -0.367 e. The van der Waals surface area contributed by atoms with Crippen molar-refractivity contribution in [2.75, 3.05) is 11.9 Å². The third-order valence-corrected chi connectivity index (χ3v) is 4.31. The molecule has 2 aromatic carbocycles. The maximum absolute atomic E-state index is 13.3. The molecule has 0 N–H and O–H groups in total. The maximum Gasteiger partial charge on any atom is 0.418 e. The topological polar surface area (TPSA) is 20.3 Å². The van der Waals surface area contributed by atoms with Crippen LogP contribution in [0.15, 0.2) is 42.5 Å². The zero-order valence-corrected chi connectivity index (χ0v) is 12.8. The van der Waals surface area contributed by atoms with Crippen LogP contribution in [0, 0.1) is 6.92 Å². The van der Waals surface area contributed by atoms with Gasteiger partial charge in [0.2, 0.25) is 0 Å². The lowest BCUT2D eigenvalue weighted by atomic mass is 10.0. The number of aryl methyl sites for hydroxylation is 1. The summed E-state index contributed by atoms with van der Waals surface area (Å²) < 4.78 is 39.9. The Morgan fingerprint density at radius 3 is 2.52 bits per heavy atom. The first-order chi connectivity index (χ1) is 10.8. The van der Waals surface area contributed by atoms with E-state index in [4.69, 9.17) is 0 Å². The van der Waals surface area contributed by atoms with Crippen molar-refractivity contribution in [1.82, 2.24) is 0 Å². The van der Waals surface area contributed by atoms with Crippen LogP contribution >= 0.6 is 0 Å². The average molecular weight is 319 g/mol. The van der Waals surface area contributed by atoms with Crippen LogP contribution in [0.4, 0.5) is 18.9 Å². The second-order valence-electron chi connectivity index (χ2n) is 5.86. The molecule has 0 bridgehead atoms. The molecule has 0 aromatic heterocycles. The van der Waals surface area contributed by atoms with Crippen molar-refractivity contribution in [3.63, 3.8) is 0 Å². The summed E-state index contributed by atoms with van der Waals surface area (Å²) in [5.74, 6) is -0.0290.